The summed E-state index contributed by atoms with van der Waals surface area (Å²) in [6, 6.07) is 57.1. The average Bonchev–Trinajstić information content (AvgIpc) is 3.50. The molecule has 0 bridgehead atoms. The van der Waals surface area contributed by atoms with Crippen molar-refractivity contribution in [2.24, 2.45) is 0 Å². The van der Waals surface area contributed by atoms with Gasteiger partial charge < -0.3 is 9.47 Å². The van der Waals surface area contributed by atoms with Crippen LogP contribution >= 0.6 is 0 Å². The van der Waals surface area contributed by atoms with Crippen molar-refractivity contribution in [2.75, 3.05) is 4.90 Å². The van der Waals surface area contributed by atoms with Crippen LogP contribution in [0.4, 0.5) is 17.1 Å². The van der Waals surface area contributed by atoms with Crippen LogP contribution in [0.15, 0.2) is 170 Å². The average molecular weight is 630 g/mol. The van der Waals surface area contributed by atoms with Gasteiger partial charge in [0.1, 0.15) is 0 Å². The van der Waals surface area contributed by atoms with E-state index in [1.165, 1.54) is 21.8 Å². The van der Waals surface area contributed by atoms with Crippen LogP contribution in [-0.4, -0.2) is 19.5 Å². The number of hydrogen-bond acceptors (Lipinski definition) is 4. The van der Waals surface area contributed by atoms with Gasteiger partial charge >= 0.3 is 0 Å². The molecule has 0 spiro atoms. The number of anilines is 3. The summed E-state index contributed by atoms with van der Waals surface area (Å²) in [6.07, 6.45) is 1.94. The highest BCUT2D eigenvalue weighted by Gasteiger charge is 2.17. The molecule has 9 rings (SSSR count). The molecule has 0 unspecified atom stereocenters. The SMILES string of the molecule is Cc1ccc(N(c2ccc(-c3nc4ccccc4nc3-c3ccccc3)cc2)c2ccc(-n3c4ccccc4c4ccccc43)cc2)cn1. The van der Waals surface area contributed by atoms with Crippen LogP contribution < -0.4 is 4.90 Å². The quantitative estimate of drug-likeness (QED) is 0.184. The topological polar surface area (TPSA) is 46.8 Å². The Morgan fingerprint density at radius 2 is 0.939 bits per heavy atom. The van der Waals surface area contributed by atoms with Crippen molar-refractivity contribution in [3.8, 4) is 28.2 Å². The Balaban J connectivity index is 1.14. The van der Waals surface area contributed by atoms with E-state index in [0.29, 0.717) is 0 Å². The highest BCUT2D eigenvalue weighted by molar-refractivity contribution is 6.09. The van der Waals surface area contributed by atoms with Crippen molar-refractivity contribution < 1.29 is 0 Å². The van der Waals surface area contributed by atoms with E-state index in [2.05, 4.69) is 136 Å². The number of rotatable bonds is 6. The molecule has 3 heterocycles. The minimum absolute atomic E-state index is 0.857. The van der Waals surface area contributed by atoms with Gasteiger partial charge in [0.25, 0.3) is 0 Å². The van der Waals surface area contributed by atoms with Crippen LogP contribution in [0.5, 0.6) is 0 Å². The van der Waals surface area contributed by atoms with E-state index in [-0.39, 0.29) is 0 Å². The number of nitrogens with zero attached hydrogens (tertiary/aromatic N) is 5. The van der Waals surface area contributed by atoms with E-state index in [0.717, 1.165) is 62.0 Å². The second kappa shape index (κ2) is 11.9. The first-order valence-corrected chi connectivity index (χ1v) is 16.5. The van der Waals surface area contributed by atoms with Crippen molar-refractivity contribution in [2.45, 2.75) is 6.92 Å². The molecule has 0 aliphatic rings. The van der Waals surface area contributed by atoms with E-state index in [4.69, 9.17) is 9.97 Å². The van der Waals surface area contributed by atoms with Crippen LogP contribution in [0, 0.1) is 6.92 Å². The van der Waals surface area contributed by atoms with E-state index >= 15 is 0 Å². The van der Waals surface area contributed by atoms with Crippen LogP contribution in [0.1, 0.15) is 5.69 Å². The lowest BCUT2D eigenvalue weighted by molar-refractivity contribution is 1.16. The monoisotopic (exact) mass is 629 g/mol. The minimum atomic E-state index is 0.857. The number of fused-ring (bicyclic) bond motifs is 4. The smallest absolute Gasteiger partial charge is 0.0973 e. The fraction of sp³-hybridized carbons (Fsp3) is 0.0227. The molecule has 0 aliphatic carbocycles. The summed E-state index contributed by atoms with van der Waals surface area (Å²) in [5.74, 6) is 0. The van der Waals surface area contributed by atoms with Gasteiger partial charge in [0.15, 0.2) is 0 Å². The Hall–Kier alpha value is -6.59. The number of hydrogen-bond donors (Lipinski definition) is 0. The normalized spacial score (nSPS) is 11.4. The Morgan fingerprint density at radius 3 is 1.51 bits per heavy atom. The van der Waals surface area contributed by atoms with Crippen LogP contribution in [0.2, 0.25) is 0 Å². The number of para-hydroxylation sites is 4. The summed E-state index contributed by atoms with van der Waals surface area (Å²) < 4.78 is 2.34. The summed E-state index contributed by atoms with van der Waals surface area (Å²) in [5.41, 5.74) is 13.0. The van der Waals surface area contributed by atoms with Gasteiger partial charge in [0.2, 0.25) is 0 Å². The van der Waals surface area contributed by atoms with Gasteiger partial charge in [0, 0.05) is 44.7 Å². The predicted octanol–water partition coefficient (Wildman–Crippen LogP) is 11.2. The molecular formula is C44H31N5. The maximum atomic E-state index is 5.11. The molecule has 3 aromatic heterocycles. The molecule has 0 atom stereocenters. The van der Waals surface area contributed by atoms with E-state index < -0.39 is 0 Å². The molecule has 0 N–H and O–H groups in total. The molecule has 232 valence electrons. The van der Waals surface area contributed by atoms with Crippen LogP contribution in [-0.2, 0) is 0 Å². The molecule has 9 aromatic rings. The highest BCUT2D eigenvalue weighted by atomic mass is 15.1. The number of aromatic nitrogens is 4. The molecule has 0 aliphatic heterocycles. The fourth-order valence-corrected chi connectivity index (χ4v) is 6.76. The third kappa shape index (κ3) is 5.09. The molecule has 5 nitrogen and oxygen atoms in total. The summed E-state index contributed by atoms with van der Waals surface area (Å²) in [7, 11) is 0. The second-order valence-corrected chi connectivity index (χ2v) is 12.2. The lowest BCUT2D eigenvalue weighted by Gasteiger charge is -2.26. The number of pyridine rings is 1. The first-order chi connectivity index (χ1) is 24.2. The van der Waals surface area contributed by atoms with Gasteiger partial charge in [0.05, 0.1) is 45.3 Å². The van der Waals surface area contributed by atoms with Gasteiger partial charge in [-0.3, -0.25) is 4.98 Å². The largest absolute Gasteiger partial charge is 0.309 e. The van der Waals surface area contributed by atoms with Crippen LogP contribution in [0.3, 0.4) is 0 Å². The molecule has 0 radical (unpaired) electrons. The standard InChI is InChI=1S/C44H31N5/c1-30-19-22-36(29-45-30)48(34-25-27-35(28-26-34)49-41-17-9-5-13-37(41)38-14-6-10-18-42(38)49)33-23-20-32(21-24-33)44-43(31-11-3-2-4-12-31)46-39-15-7-8-16-40(39)47-44/h2-29H,1H3. The lowest BCUT2D eigenvalue weighted by Crippen LogP contribution is -2.10. The zero-order chi connectivity index (χ0) is 32.7. The number of benzene rings is 6. The van der Waals surface area contributed by atoms with Crippen molar-refractivity contribution in [3.05, 3.63) is 176 Å². The van der Waals surface area contributed by atoms with E-state index in [9.17, 15) is 0 Å². The third-order valence-electron chi connectivity index (χ3n) is 9.12. The summed E-state index contributed by atoms with van der Waals surface area (Å²) >= 11 is 0. The molecular weight excluding hydrogens is 599 g/mol. The molecule has 0 saturated carbocycles. The molecule has 5 heteroatoms. The Kier molecular flexibility index (Phi) is 6.95. The summed E-state index contributed by atoms with van der Waals surface area (Å²) in [4.78, 5) is 17.1. The molecule has 6 aromatic carbocycles. The van der Waals surface area contributed by atoms with Gasteiger partial charge in [-0.25, -0.2) is 9.97 Å². The van der Waals surface area contributed by atoms with Gasteiger partial charge in [-0.05, 0) is 79.7 Å². The van der Waals surface area contributed by atoms with Gasteiger partial charge in [-0.1, -0.05) is 91.0 Å². The minimum Gasteiger partial charge on any atom is -0.309 e. The highest BCUT2D eigenvalue weighted by Crippen LogP contribution is 2.38. The third-order valence-corrected chi connectivity index (χ3v) is 9.12. The first kappa shape index (κ1) is 28.6. The zero-order valence-electron chi connectivity index (χ0n) is 26.9. The second-order valence-electron chi connectivity index (χ2n) is 12.2. The molecule has 0 fully saturated rings. The molecule has 49 heavy (non-hydrogen) atoms. The van der Waals surface area contributed by atoms with Gasteiger partial charge in [-0.15, -0.1) is 0 Å². The van der Waals surface area contributed by atoms with Crippen molar-refractivity contribution in [1.82, 2.24) is 19.5 Å². The fourth-order valence-electron chi connectivity index (χ4n) is 6.76. The van der Waals surface area contributed by atoms with Crippen molar-refractivity contribution in [3.63, 3.8) is 0 Å². The maximum absolute atomic E-state index is 5.11. The van der Waals surface area contributed by atoms with Gasteiger partial charge in [-0.2, -0.15) is 0 Å². The zero-order valence-corrected chi connectivity index (χ0v) is 26.9. The first-order valence-electron chi connectivity index (χ1n) is 16.5. The van der Waals surface area contributed by atoms with Crippen LogP contribution in [0.25, 0.3) is 61.0 Å². The Morgan fingerprint density at radius 1 is 0.449 bits per heavy atom. The Bertz CT molecular complexity index is 2540. The number of aryl methyl sites for hydroxylation is 1. The predicted molar refractivity (Wildman–Crippen MR) is 202 cm³/mol. The van der Waals surface area contributed by atoms with Crippen molar-refractivity contribution >= 4 is 49.9 Å². The lowest BCUT2D eigenvalue weighted by atomic mass is 10.0. The van der Waals surface area contributed by atoms with Crippen molar-refractivity contribution in [1.29, 1.82) is 0 Å². The Labute approximate surface area is 284 Å². The maximum Gasteiger partial charge on any atom is 0.0973 e. The molecule has 0 amide bonds. The summed E-state index contributed by atoms with van der Waals surface area (Å²) in [5, 5.41) is 2.50. The van der Waals surface area contributed by atoms with E-state index in [1.54, 1.807) is 0 Å². The van der Waals surface area contributed by atoms with E-state index in [1.807, 2.05) is 55.6 Å². The summed E-state index contributed by atoms with van der Waals surface area (Å²) in [6.45, 7) is 2.01. The molecule has 0 saturated heterocycles.